The van der Waals surface area contributed by atoms with Crippen molar-refractivity contribution in [3.05, 3.63) is 81.8 Å². The summed E-state index contributed by atoms with van der Waals surface area (Å²) in [6.07, 6.45) is -3.76. The van der Waals surface area contributed by atoms with Gasteiger partial charge in [-0.2, -0.15) is 23.0 Å². The topological polar surface area (TPSA) is 115 Å². The van der Waals surface area contributed by atoms with Crippen LogP contribution in [0.15, 0.2) is 48.7 Å². The Hall–Kier alpha value is -4.36. The van der Waals surface area contributed by atoms with Crippen LogP contribution in [0.2, 0.25) is 5.02 Å². The highest BCUT2D eigenvalue weighted by molar-refractivity contribution is 6.34. The molecule has 1 aliphatic heterocycles. The molecule has 218 valence electrons. The summed E-state index contributed by atoms with van der Waals surface area (Å²) in [6, 6.07) is 6.39. The number of carbonyl (C=O) groups is 3. The summed E-state index contributed by atoms with van der Waals surface area (Å²) in [5.74, 6) is -4.19. The van der Waals surface area contributed by atoms with Crippen LogP contribution in [0.3, 0.4) is 0 Å². The minimum absolute atomic E-state index is 0.000463. The molecule has 1 N–H and O–H groups in total. The van der Waals surface area contributed by atoms with Crippen LogP contribution in [0, 0.1) is 5.82 Å². The molecule has 9 nitrogen and oxygen atoms in total. The molecule has 2 aromatic heterocycles. The van der Waals surface area contributed by atoms with Crippen molar-refractivity contribution in [1.29, 1.82) is 0 Å². The molecule has 0 saturated carbocycles. The number of alkyl halides is 3. The molecule has 1 aliphatic rings. The lowest BCUT2D eigenvalue weighted by Crippen LogP contribution is -2.52. The molecule has 14 heteroatoms. The van der Waals surface area contributed by atoms with E-state index in [9.17, 15) is 32.7 Å². The van der Waals surface area contributed by atoms with Gasteiger partial charge in [-0.3, -0.25) is 14.6 Å². The van der Waals surface area contributed by atoms with E-state index in [0.29, 0.717) is 10.7 Å². The molecule has 42 heavy (non-hydrogen) atoms. The molecule has 0 radical (unpaired) electrons. The van der Waals surface area contributed by atoms with Crippen molar-refractivity contribution in [2.75, 3.05) is 13.2 Å². The SMILES string of the molecule is CC1COCC(C)N1C(=O)c1cnc2c(-c3ccc(C(=O)O)cc3F)nn(C(=O)c3c(Cl)cccc3C(F)(F)F)c2c1. The monoisotopic (exact) mass is 604 g/mol. The highest BCUT2D eigenvalue weighted by atomic mass is 35.5. The first-order valence-corrected chi connectivity index (χ1v) is 12.9. The predicted molar refractivity (Wildman–Crippen MR) is 142 cm³/mol. The molecule has 2 atom stereocenters. The van der Waals surface area contributed by atoms with E-state index in [4.69, 9.17) is 16.3 Å². The number of aromatic nitrogens is 3. The molecular formula is C28H21ClF4N4O5. The van der Waals surface area contributed by atoms with Gasteiger partial charge < -0.3 is 14.7 Å². The summed E-state index contributed by atoms with van der Waals surface area (Å²) in [5, 5.41) is 12.8. The van der Waals surface area contributed by atoms with Crippen LogP contribution in [-0.2, 0) is 10.9 Å². The summed E-state index contributed by atoms with van der Waals surface area (Å²) in [6.45, 7) is 4.13. The molecule has 1 saturated heterocycles. The molecule has 2 aromatic carbocycles. The van der Waals surface area contributed by atoms with Gasteiger partial charge in [-0.1, -0.05) is 17.7 Å². The second-order valence-electron chi connectivity index (χ2n) is 9.77. The number of nitrogens with zero attached hydrogens (tertiary/aromatic N) is 4. The zero-order valence-corrected chi connectivity index (χ0v) is 22.7. The van der Waals surface area contributed by atoms with E-state index >= 15 is 4.39 Å². The number of carbonyl (C=O) groups excluding carboxylic acids is 2. The Kier molecular flexibility index (Phi) is 7.50. The van der Waals surface area contributed by atoms with Gasteiger partial charge in [-0.25, -0.2) is 9.18 Å². The van der Waals surface area contributed by atoms with Crippen molar-refractivity contribution in [3.63, 3.8) is 0 Å². The van der Waals surface area contributed by atoms with E-state index in [1.165, 1.54) is 12.3 Å². The summed E-state index contributed by atoms with van der Waals surface area (Å²) < 4.78 is 62.8. The summed E-state index contributed by atoms with van der Waals surface area (Å²) in [5.41, 5.74) is -3.43. The molecule has 0 bridgehead atoms. The van der Waals surface area contributed by atoms with Crippen molar-refractivity contribution in [2.45, 2.75) is 32.1 Å². The smallest absolute Gasteiger partial charge is 0.417 e. The Morgan fingerprint density at radius 2 is 1.71 bits per heavy atom. The zero-order valence-electron chi connectivity index (χ0n) is 21.9. The largest absolute Gasteiger partial charge is 0.478 e. The number of benzene rings is 2. The second-order valence-corrected chi connectivity index (χ2v) is 10.2. The van der Waals surface area contributed by atoms with Gasteiger partial charge >= 0.3 is 12.1 Å². The minimum Gasteiger partial charge on any atom is -0.478 e. The summed E-state index contributed by atoms with van der Waals surface area (Å²) in [4.78, 5) is 44.4. The molecule has 0 aliphatic carbocycles. The van der Waals surface area contributed by atoms with Gasteiger partial charge in [0.1, 0.15) is 17.0 Å². The van der Waals surface area contributed by atoms with Gasteiger partial charge in [0.05, 0.1) is 58.1 Å². The van der Waals surface area contributed by atoms with E-state index in [-0.39, 0.29) is 58.7 Å². The number of hydrogen-bond acceptors (Lipinski definition) is 6. The maximum absolute atomic E-state index is 15.1. The molecule has 5 rings (SSSR count). The van der Waals surface area contributed by atoms with Gasteiger partial charge in [0.15, 0.2) is 0 Å². The Morgan fingerprint density at radius 1 is 1.02 bits per heavy atom. The molecule has 4 aromatic rings. The van der Waals surface area contributed by atoms with Crippen LogP contribution in [0.5, 0.6) is 0 Å². The number of aromatic carboxylic acids is 1. The quantitative estimate of drug-likeness (QED) is 0.304. The fraction of sp³-hybridized carbons (Fsp3) is 0.250. The van der Waals surface area contributed by atoms with Crippen LogP contribution in [0.4, 0.5) is 17.6 Å². The molecule has 1 fully saturated rings. The fourth-order valence-electron chi connectivity index (χ4n) is 4.93. The Balaban J connectivity index is 1.74. The third kappa shape index (κ3) is 5.09. The number of amides is 1. The maximum atomic E-state index is 15.1. The van der Waals surface area contributed by atoms with E-state index in [0.717, 1.165) is 30.3 Å². The van der Waals surface area contributed by atoms with Crippen LogP contribution in [0.25, 0.3) is 22.3 Å². The average Bonchev–Trinajstić information content (AvgIpc) is 3.30. The first-order chi connectivity index (χ1) is 19.8. The number of carboxylic acid groups (broad SMARTS) is 1. The van der Waals surface area contributed by atoms with E-state index in [1.807, 2.05) is 0 Å². The number of fused-ring (bicyclic) bond motifs is 1. The number of carboxylic acids is 1. The summed E-state index contributed by atoms with van der Waals surface area (Å²) in [7, 11) is 0. The number of rotatable bonds is 4. The Bertz CT molecular complexity index is 1750. The van der Waals surface area contributed by atoms with Crippen molar-refractivity contribution in [3.8, 4) is 11.3 Å². The lowest BCUT2D eigenvalue weighted by atomic mass is 10.1. The molecular weight excluding hydrogens is 584 g/mol. The lowest BCUT2D eigenvalue weighted by molar-refractivity contribution is -0.137. The Morgan fingerprint density at radius 3 is 2.33 bits per heavy atom. The number of halogens is 5. The third-order valence-corrected chi connectivity index (χ3v) is 7.18. The molecule has 2 unspecified atom stereocenters. The number of pyridine rings is 1. The highest BCUT2D eigenvalue weighted by Gasteiger charge is 2.38. The number of morpholine rings is 1. The van der Waals surface area contributed by atoms with Crippen LogP contribution < -0.4 is 0 Å². The molecule has 3 heterocycles. The molecule has 1 amide bonds. The van der Waals surface area contributed by atoms with Crippen molar-refractivity contribution in [1.82, 2.24) is 19.7 Å². The van der Waals surface area contributed by atoms with E-state index in [1.54, 1.807) is 18.7 Å². The zero-order chi connectivity index (χ0) is 30.5. The first-order valence-electron chi connectivity index (χ1n) is 12.5. The number of ether oxygens (including phenoxy) is 1. The third-order valence-electron chi connectivity index (χ3n) is 6.87. The molecule has 0 spiro atoms. The van der Waals surface area contributed by atoms with E-state index in [2.05, 4.69) is 10.1 Å². The van der Waals surface area contributed by atoms with Gasteiger partial charge in [0, 0.05) is 11.8 Å². The van der Waals surface area contributed by atoms with Crippen LogP contribution in [0.1, 0.15) is 50.5 Å². The Labute approximate surface area is 240 Å². The van der Waals surface area contributed by atoms with Gasteiger partial charge in [0.2, 0.25) is 0 Å². The minimum atomic E-state index is -4.96. The highest BCUT2D eigenvalue weighted by Crippen LogP contribution is 2.37. The van der Waals surface area contributed by atoms with Gasteiger partial charge in [-0.05, 0) is 50.2 Å². The standard InChI is InChI=1S/C28H21ClF4N4O5/c1-13-11-42-12-14(2)36(13)25(38)16-9-21-24(34-10-16)23(17-7-6-15(27(40)41)8-20(17)30)35-37(21)26(39)22-18(28(31,32)33)4-3-5-19(22)29/h3-10,13-14H,11-12H2,1-2H3,(H,40,41). The summed E-state index contributed by atoms with van der Waals surface area (Å²) >= 11 is 6.08. The van der Waals surface area contributed by atoms with Crippen LogP contribution in [-0.4, -0.2) is 67.9 Å². The average molecular weight is 605 g/mol. The fourth-order valence-corrected chi connectivity index (χ4v) is 5.18. The first kappa shape index (κ1) is 29.1. The van der Waals surface area contributed by atoms with Crippen molar-refractivity contribution >= 4 is 40.4 Å². The van der Waals surface area contributed by atoms with Gasteiger partial charge in [0.25, 0.3) is 11.8 Å². The predicted octanol–water partition coefficient (Wildman–Crippen LogP) is 5.55. The van der Waals surface area contributed by atoms with Gasteiger partial charge in [-0.15, -0.1) is 0 Å². The van der Waals surface area contributed by atoms with Crippen molar-refractivity contribution < 1.29 is 41.8 Å². The normalized spacial score (nSPS) is 17.5. The second kappa shape index (κ2) is 10.8. The van der Waals surface area contributed by atoms with Crippen molar-refractivity contribution in [2.24, 2.45) is 0 Å². The van der Waals surface area contributed by atoms with Crippen LogP contribution >= 0.6 is 11.6 Å². The number of hydrogen-bond donors (Lipinski definition) is 1. The van der Waals surface area contributed by atoms with E-state index < -0.39 is 45.9 Å². The lowest BCUT2D eigenvalue weighted by Gasteiger charge is -2.38. The maximum Gasteiger partial charge on any atom is 0.417 e.